The van der Waals surface area contributed by atoms with Crippen molar-refractivity contribution in [2.75, 3.05) is 39.9 Å². The van der Waals surface area contributed by atoms with Crippen LogP contribution >= 0.6 is 0 Å². The highest BCUT2D eigenvalue weighted by atomic mass is 16.5. The fraction of sp³-hybridized carbons (Fsp3) is 0.933. The van der Waals surface area contributed by atoms with Crippen molar-refractivity contribution in [3.05, 3.63) is 0 Å². The van der Waals surface area contributed by atoms with Gasteiger partial charge in [0.05, 0.1) is 0 Å². The molecule has 1 rings (SSSR count). The quantitative estimate of drug-likeness (QED) is 0.438. The summed E-state index contributed by atoms with van der Waals surface area (Å²) < 4.78 is 5.56. The summed E-state index contributed by atoms with van der Waals surface area (Å²) in [4.78, 5) is 6.77. The lowest BCUT2D eigenvalue weighted by atomic mass is 10.0. The van der Waals surface area contributed by atoms with Crippen molar-refractivity contribution in [3.8, 4) is 0 Å². The minimum atomic E-state index is 0.782. The summed E-state index contributed by atoms with van der Waals surface area (Å²) in [5.41, 5.74) is 0. The molecule has 1 fully saturated rings. The van der Waals surface area contributed by atoms with Crippen LogP contribution in [0.1, 0.15) is 46.0 Å². The standard InChI is InChI=1S/C15H31N3O/c1-4-5-11-19-12-7-9-17-15(16-3)18-10-6-8-14(2)13-18/h14H,4-13H2,1-3H3,(H,16,17). The van der Waals surface area contributed by atoms with Crippen molar-refractivity contribution in [3.63, 3.8) is 0 Å². The van der Waals surface area contributed by atoms with Crippen LogP contribution in [0, 0.1) is 5.92 Å². The molecular weight excluding hydrogens is 238 g/mol. The molecule has 0 aromatic heterocycles. The molecule has 4 heteroatoms. The maximum absolute atomic E-state index is 5.56. The molecule has 1 N–H and O–H groups in total. The Balaban J connectivity index is 2.12. The van der Waals surface area contributed by atoms with Crippen LogP contribution in [0.25, 0.3) is 0 Å². The van der Waals surface area contributed by atoms with E-state index in [1.165, 1.54) is 25.7 Å². The Morgan fingerprint density at radius 1 is 1.37 bits per heavy atom. The van der Waals surface area contributed by atoms with E-state index in [9.17, 15) is 0 Å². The molecule has 112 valence electrons. The lowest BCUT2D eigenvalue weighted by Gasteiger charge is -2.33. The van der Waals surface area contributed by atoms with Crippen LogP contribution in [-0.4, -0.2) is 50.8 Å². The van der Waals surface area contributed by atoms with Gasteiger partial charge in [-0.1, -0.05) is 20.3 Å². The molecule has 1 heterocycles. The summed E-state index contributed by atoms with van der Waals surface area (Å²) in [5.74, 6) is 1.84. The van der Waals surface area contributed by atoms with Gasteiger partial charge in [-0.15, -0.1) is 0 Å². The molecule has 0 bridgehead atoms. The molecule has 4 nitrogen and oxygen atoms in total. The number of unbranched alkanes of at least 4 members (excludes halogenated alkanes) is 1. The number of hydrogen-bond donors (Lipinski definition) is 1. The first-order chi connectivity index (χ1) is 9.27. The van der Waals surface area contributed by atoms with Crippen LogP contribution < -0.4 is 5.32 Å². The van der Waals surface area contributed by atoms with Gasteiger partial charge in [0.1, 0.15) is 0 Å². The SMILES string of the molecule is CCCCOCCCNC(=NC)N1CCCC(C)C1. The molecule has 1 aliphatic rings. The minimum Gasteiger partial charge on any atom is -0.381 e. The van der Waals surface area contributed by atoms with Gasteiger partial charge < -0.3 is 15.0 Å². The largest absolute Gasteiger partial charge is 0.381 e. The van der Waals surface area contributed by atoms with Gasteiger partial charge in [-0.05, 0) is 31.6 Å². The number of guanidine groups is 1. The van der Waals surface area contributed by atoms with Gasteiger partial charge in [-0.25, -0.2) is 0 Å². The second-order valence-electron chi connectivity index (χ2n) is 5.49. The highest BCUT2D eigenvalue weighted by Gasteiger charge is 2.18. The fourth-order valence-electron chi connectivity index (χ4n) is 2.44. The van der Waals surface area contributed by atoms with Gasteiger partial charge in [-0.2, -0.15) is 0 Å². The average molecular weight is 269 g/mol. The first-order valence-corrected chi connectivity index (χ1v) is 7.81. The van der Waals surface area contributed by atoms with E-state index in [1.807, 2.05) is 7.05 Å². The van der Waals surface area contributed by atoms with Crippen LogP contribution in [0.2, 0.25) is 0 Å². The van der Waals surface area contributed by atoms with Crippen molar-refractivity contribution in [2.45, 2.75) is 46.0 Å². The van der Waals surface area contributed by atoms with Gasteiger partial charge in [-0.3, -0.25) is 4.99 Å². The van der Waals surface area contributed by atoms with Gasteiger partial charge in [0.2, 0.25) is 0 Å². The highest BCUT2D eigenvalue weighted by Crippen LogP contribution is 2.15. The molecular formula is C15H31N3O. The molecule has 1 saturated heterocycles. The Kier molecular flexibility index (Phi) is 8.63. The fourth-order valence-corrected chi connectivity index (χ4v) is 2.44. The zero-order valence-electron chi connectivity index (χ0n) is 13.0. The molecule has 1 atom stereocenters. The molecule has 0 amide bonds. The van der Waals surface area contributed by atoms with Crippen molar-refractivity contribution in [1.29, 1.82) is 0 Å². The molecule has 0 radical (unpaired) electrons. The second-order valence-corrected chi connectivity index (χ2v) is 5.49. The molecule has 0 aromatic rings. The number of hydrogen-bond acceptors (Lipinski definition) is 2. The normalized spacial score (nSPS) is 20.7. The Morgan fingerprint density at radius 3 is 2.84 bits per heavy atom. The maximum Gasteiger partial charge on any atom is 0.193 e. The van der Waals surface area contributed by atoms with Crippen molar-refractivity contribution >= 4 is 5.96 Å². The van der Waals surface area contributed by atoms with Gasteiger partial charge in [0, 0.05) is 39.9 Å². The summed E-state index contributed by atoms with van der Waals surface area (Å²) in [6.07, 6.45) is 6.05. The maximum atomic E-state index is 5.56. The van der Waals surface area contributed by atoms with E-state index in [2.05, 4.69) is 29.1 Å². The molecule has 1 unspecified atom stereocenters. The Bertz CT molecular complexity index is 256. The van der Waals surface area contributed by atoms with Crippen molar-refractivity contribution < 1.29 is 4.74 Å². The summed E-state index contributed by atoms with van der Waals surface area (Å²) in [6, 6.07) is 0. The average Bonchev–Trinajstić information content (AvgIpc) is 2.42. The third-order valence-electron chi connectivity index (χ3n) is 3.56. The predicted molar refractivity (Wildman–Crippen MR) is 81.7 cm³/mol. The van der Waals surface area contributed by atoms with E-state index >= 15 is 0 Å². The monoisotopic (exact) mass is 269 g/mol. The number of nitrogens with one attached hydrogen (secondary N) is 1. The Labute approximate surface area is 118 Å². The third kappa shape index (κ3) is 6.81. The number of nitrogens with zero attached hydrogens (tertiary/aromatic N) is 2. The summed E-state index contributed by atoms with van der Waals surface area (Å²) in [7, 11) is 1.87. The number of aliphatic imine (C=N–C) groups is 1. The van der Waals surface area contributed by atoms with E-state index in [-0.39, 0.29) is 0 Å². The Morgan fingerprint density at radius 2 is 2.16 bits per heavy atom. The second kappa shape index (κ2) is 10.1. The van der Waals surface area contributed by atoms with E-state index in [0.29, 0.717) is 0 Å². The van der Waals surface area contributed by atoms with Crippen LogP contribution in [-0.2, 0) is 4.74 Å². The first kappa shape index (κ1) is 16.3. The number of ether oxygens (including phenoxy) is 1. The number of piperidine rings is 1. The van der Waals surface area contributed by atoms with Crippen LogP contribution in [0.3, 0.4) is 0 Å². The van der Waals surface area contributed by atoms with Crippen LogP contribution in [0.4, 0.5) is 0 Å². The topological polar surface area (TPSA) is 36.9 Å². The molecule has 0 spiro atoms. The van der Waals surface area contributed by atoms with Gasteiger partial charge in [0.25, 0.3) is 0 Å². The van der Waals surface area contributed by atoms with Gasteiger partial charge in [0.15, 0.2) is 5.96 Å². The third-order valence-corrected chi connectivity index (χ3v) is 3.56. The van der Waals surface area contributed by atoms with E-state index in [1.54, 1.807) is 0 Å². The van der Waals surface area contributed by atoms with E-state index in [0.717, 1.165) is 51.1 Å². The molecule has 1 aliphatic heterocycles. The molecule has 0 aromatic carbocycles. The van der Waals surface area contributed by atoms with Crippen molar-refractivity contribution in [1.82, 2.24) is 10.2 Å². The zero-order chi connectivity index (χ0) is 13.9. The molecule has 19 heavy (non-hydrogen) atoms. The summed E-state index contributed by atoms with van der Waals surface area (Å²) >= 11 is 0. The predicted octanol–water partition coefficient (Wildman–Crippen LogP) is 2.50. The smallest absolute Gasteiger partial charge is 0.193 e. The van der Waals surface area contributed by atoms with Crippen LogP contribution in [0.15, 0.2) is 4.99 Å². The number of rotatable bonds is 7. The zero-order valence-corrected chi connectivity index (χ0v) is 13.0. The van der Waals surface area contributed by atoms with Crippen LogP contribution in [0.5, 0.6) is 0 Å². The minimum absolute atomic E-state index is 0.782. The van der Waals surface area contributed by atoms with E-state index < -0.39 is 0 Å². The number of likely N-dealkylation sites (tertiary alicyclic amines) is 1. The molecule has 0 saturated carbocycles. The van der Waals surface area contributed by atoms with E-state index in [4.69, 9.17) is 4.74 Å². The first-order valence-electron chi connectivity index (χ1n) is 7.81. The Hall–Kier alpha value is -0.770. The lowest BCUT2D eigenvalue weighted by Crippen LogP contribution is -2.46. The van der Waals surface area contributed by atoms with Crippen molar-refractivity contribution in [2.24, 2.45) is 10.9 Å². The molecule has 0 aliphatic carbocycles. The van der Waals surface area contributed by atoms with Gasteiger partial charge >= 0.3 is 0 Å². The highest BCUT2D eigenvalue weighted by molar-refractivity contribution is 5.79. The summed E-state index contributed by atoms with van der Waals surface area (Å²) in [6.45, 7) is 9.47. The summed E-state index contributed by atoms with van der Waals surface area (Å²) in [5, 5.41) is 3.45. The lowest BCUT2D eigenvalue weighted by molar-refractivity contribution is 0.129.